The molecule has 4 nitrogen and oxygen atoms in total. The second kappa shape index (κ2) is 6.45. The van der Waals surface area contributed by atoms with Gasteiger partial charge in [-0.1, -0.05) is 29.8 Å². The van der Waals surface area contributed by atoms with E-state index < -0.39 is 0 Å². The van der Waals surface area contributed by atoms with E-state index in [9.17, 15) is 4.79 Å². The van der Waals surface area contributed by atoms with Gasteiger partial charge in [0.2, 0.25) is 0 Å². The Labute approximate surface area is 151 Å². The molecule has 5 heteroatoms. The Hall–Kier alpha value is -2.46. The van der Waals surface area contributed by atoms with Crippen LogP contribution in [0.2, 0.25) is 5.02 Å². The number of aryl methyl sites for hydroxylation is 1. The summed E-state index contributed by atoms with van der Waals surface area (Å²) in [5, 5.41) is 1.69. The van der Waals surface area contributed by atoms with Crippen molar-refractivity contribution in [3.63, 3.8) is 0 Å². The number of furan rings is 1. The van der Waals surface area contributed by atoms with Crippen LogP contribution in [-0.4, -0.2) is 37.0 Å². The predicted octanol–water partition coefficient (Wildman–Crippen LogP) is 4.36. The fraction of sp³-hybridized carbons (Fsp3) is 0.250. The summed E-state index contributed by atoms with van der Waals surface area (Å²) in [7, 11) is 0. The van der Waals surface area contributed by atoms with Gasteiger partial charge in [0.15, 0.2) is 5.76 Å². The van der Waals surface area contributed by atoms with E-state index in [0.29, 0.717) is 18.8 Å². The van der Waals surface area contributed by atoms with Crippen molar-refractivity contribution in [2.75, 3.05) is 31.1 Å². The van der Waals surface area contributed by atoms with Gasteiger partial charge in [0.25, 0.3) is 5.91 Å². The average molecular weight is 355 g/mol. The van der Waals surface area contributed by atoms with Gasteiger partial charge in [0, 0.05) is 42.3 Å². The summed E-state index contributed by atoms with van der Waals surface area (Å²) < 4.78 is 5.77. The molecule has 0 aliphatic carbocycles. The molecule has 0 radical (unpaired) electrons. The van der Waals surface area contributed by atoms with Crippen LogP contribution < -0.4 is 4.90 Å². The van der Waals surface area contributed by atoms with Crippen LogP contribution in [0.25, 0.3) is 11.0 Å². The second-order valence-corrected chi connectivity index (χ2v) is 6.85. The maximum absolute atomic E-state index is 12.7. The molecule has 0 spiro atoms. The van der Waals surface area contributed by atoms with Crippen molar-refractivity contribution in [3.05, 3.63) is 64.9 Å². The third kappa shape index (κ3) is 3.22. The van der Waals surface area contributed by atoms with Gasteiger partial charge in [-0.25, -0.2) is 0 Å². The molecule has 0 bridgehead atoms. The third-order valence-electron chi connectivity index (χ3n) is 4.63. The number of anilines is 1. The highest BCUT2D eigenvalue weighted by molar-refractivity contribution is 6.30. The maximum atomic E-state index is 12.7. The SMILES string of the molecule is Cc1ccc2cc(C(=O)N3CCN(c4cccc(Cl)c4)CC3)oc2c1. The number of hydrogen-bond acceptors (Lipinski definition) is 3. The average Bonchev–Trinajstić information content (AvgIpc) is 3.04. The van der Waals surface area contributed by atoms with Crippen LogP contribution in [-0.2, 0) is 0 Å². The lowest BCUT2D eigenvalue weighted by atomic mass is 10.2. The van der Waals surface area contributed by atoms with Crippen LogP contribution in [0.3, 0.4) is 0 Å². The van der Waals surface area contributed by atoms with E-state index in [0.717, 1.165) is 40.3 Å². The Balaban J connectivity index is 1.47. The summed E-state index contributed by atoms with van der Waals surface area (Å²) >= 11 is 6.07. The Morgan fingerprint density at radius 3 is 2.60 bits per heavy atom. The van der Waals surface area contributed by atoms with Gasteiger partial charge in [-0.05, 0) is 42.8 Å². The number of amides is 1. The lowest BCUT2D eigenvalue weighted by molar-refractivity contribution is 0.0717. The van der Waals surface area contributed by atoms with Crippen LogP contribution >= 0.6 is 11.6 Å². The minimum absolute atomic E-state index is 0.0420. The minimum Gasteiger partial charge on any atom is -0.451 e. The monoisotopic (exact) mass is 354 g/mol. The van der Waals surface area contributed by atoms with Gasteiger partial charge >= 0.3 is 0 Å². The summed E-state index contributed by atoms with van der Waals surface area (Å²) in [6.07, 6.45) is 0. The van der Waals surface area contributed by atoms with E-state index in [-0.39, 0.29) is 5.91 Å². The molecule has 128 valence electrons. The van der Waals surface area contributed by atoms with Crippen molar-refractivity contribution in [3.8, 4) is 0 Å². The topological polar surface area (TPSA) is 36.7 Å². The molecule has 25 heavy (non-hydrogen) atoms. The number of nitrogens with zero attached hydrogens (tertiary/aromatic N) is 2. The van der Waals surface area contributed by atoms with E-state index >= 15 is 0 Å². The van der Waals surface area contributed by atoms with Gasteiger partial charge in [-0.3, -0.25) is 4.79 Å². The fourth-order valence-electron chi connectivity index (χ4n) is 3.24. The van der Waals surface area contributed by atoms with Crippen molar-refractivity contribution >= 4 is 34.2 Å². The molecule has 2 heterocycles. The first-order chi connectivity index (χ1) is 12.1. The van der Waals surface area contributed by atoms with E-state index in [1.54, 1.807) is 0 Å². The Morgan fingerprint density at radius 2 is 1.84 bits per heavy atom. The maximum Gasteiger partial charge on any atom is 0.289 e. The molecule has 1 saturated heterocycles. The lowest BCUT2D eigenvalue weighted by Crippen LogP contribution is -2.48. The molecule has 0 saturated carbocycles. The van der Waals surface area contributed by atoms with Crippen LogP contribution in [0.1, 0.15) is 16.1 Å². The lowest BCUT2D eigenvalue weighted by Gasteiger charge is -2.35. The number of carbonyl (C=O) groups is 1. The smallest absolute Gasteiger partial charge is 0.289 e. The molecule has 1 fully saturated rings. The molecular formula is C20H19ClN2O2. The van der Waals surface area contributed by atoms with Crippen molar-refractivity contribution in [1.29, 1.82) is 0 Å². The second-order valence-electron chi connectivity index (χ2n) is 6.41. The van der Waals surface area contributed by atoms with E-state index in [1.165, 1.54) is 0 Å². The zero-order chi connectivity index (χ0) is 17.4. The zero-order valence-corrected chi connectivity index (χ0v) is 14.8. The molecule has 1 aromatic heterocycles. The molecule has 2 aromatic carbocycles. The number of fused-ring (bicyclic) bond motifs is 1. The highest BCUT2D eigenvalue weighted by Gasteiger charge is 2.24. The predicted molar refractivity (Wildman–Crippen MR) is 101 cm³/mol. The zero-order valence-electron chi connectivity index (χ0n) is 14.0. The number of benzene rings is 2. The summed E-state index contributed by atoms with van der Waals surface area (Å²) in [6, 6.07) is 15.6. The highest BCUT2D eigenvalue weighted by atomic mass is 35.5. The summed E-state index contributed by atoms with van der Waals surface area (Å²) in [4.78, 5) is 16.8. The van der Waals surface area contributed by atoms with Crippen molar-refractivity contribution in [1.82, 2.24) is 4.90 Å². The first-order valence-corrected chi connectivity index (χ1v) is 8.78. The first-order valence-electron chi connectivity index (χ1n) is 8.40. The van der Waals surface area contributed by atoms with Gasteiger partial charge in [0.1, 0.15) is 5.58 Å². The van der Waals surface area contributed by atoms with E-state index in [4.69, 9.17) is 16.0 Å². The van der Waals surface area contributed by atoms with Gasteiger partial charge in [-0.2, -0.15) is 0 Å². The first kappa shape index (κ1) is 16.0. The van der Waals surface area contributed by atoms with Crippen LogP contribution in [0.5, 0.6) is 0 Å². The van der Waals surface area contributed by atoms with Crippen molar-refractivity contribution in [2.45, 2.75) is 6.92 Å². The third-order valence-corrected chi connectivity index (χ3v) is 4.86. The Bertz CT molecular complexity index is 926. The van der Waals surface area contributed by atoms with Crippen LogP contribution in [0.15, 0.2) is 52.9 Å². The number of carbonyl (C=O) groups excluding carboxylic acids is 1. The quantitative estimate of drug-likeness (QED) is 0.686. The molecule has 0 unspecified atom stereocenters. The van der Waals surface area contributed by atoms with E-state index in [2.05, 4.69) is 4.90 Å². The van der Waals surface area contributed by atoms with Gasteiger partial charge in [0.05, 0.1) is 0 Å². The number of piperazine rings is 1. The minimum atomic E-state index is -0.0420. The largest absolute Gasteiger partial charge is 0.451 e. The number of rotatable bonds is 2. The number of hydrogen-bond donors (Lipinski definition) is 0. The molecule has 1 aliphatic rings. The molecule has 0 atom stereocenters. The normalized spacial score (nSPS) is 15.0. The standard InChI is InChI=1S/C20H19ClN2O2/c1-14-5-6-15-12-19(25-18(15)11-14)20(24)23-9-7-22(8-10-23)17-4-2-3-16(21)13-17/h2-6,11-13H,7-10H2,1H3. The molecular weight excluding hydrogens is 336 g/mol. The highest BCUT2D eigenvalue weighted by Crippen LogP contribution is 2.24. The van der Waals surface area contributed by atoms with Crippen molar-refractivity contribution in [2.24, 2.45) is 0 Å². The molecule has 3 aromatic rings. The Kier molecular flexibility index (Phi) is 4.14. The van der Waals surface area contributed by atoms with Gasteiger partial charge < -0.3 is 14.2 Å². The Morgan fingerprint density at radius 1 is 1.04 bits per heavy atom. The molecule has 1 aliphatic heterocycles. The molecule has 4 rings (SSSR count). The summed E-state index contributed by atoms with van der Waals surface area (Å²) in [5.41, 5.74) is 2.98. The van der Waals surface area contributed by atoms with E-state index in [1.807, 2.05) is 60.4 Å². The summed E-state index contributed by atoms with van der Waals surface area (Å²) in [5.74, 6) is 0.372. The van der Waals surface area contributed by atoms with Crippen LogP contribution in [0, 0.1) is 6.92 Å². The summed E-state index contributed by atoms with van der Waals surface area (Å²) in [6.45, 7) is 4.91. The molecule has 0 N–H and O–H groups in total. The van der Waals surface area contributed by atoms with Crippen LogP contribution in [0.4, 0.5) is 5.69 Å². The number of halogens is 1. The molecule has 1 amide bonds. The fourth-order valence-corrected chi connectivity index (χ4v) is 3.42. The van der Waals surface area contributed by atoms with Crippen molar-refractivity contribution < 1.29 is 9.21 Å². The van der Waals surface area contributed by atoms with Gasteiger partial charge in [-0.15, -0.1) is 0 Å².